The SMILES string of the molecule is COc1c(C)ccc(NC2CCCc3cccnc32)c1C. The van der Waals surface area contributed by atoms with E-state index in [4.69, 9.17) is 4.74 Å². The van der Waals surface area contributed by atoms with Gasteiger partial charge in [-0.2, -0.15) is 0 Å². The van der Waals surface area contributed by atoms with Crippen molar-refractivity contribution in [1.29, 1.82) is 0 Å². The number of nitrogens with zero attached hydrogens (tertiary/aromatic N) is 1. The number of benzene rings is 1. The van der Waals surface area contributed by atoms with Crippen LogP contribution in [-0.4, -0.2) is 12.1 Å². The highest BCUT2D eigenvalue weighted by molar-refractivity contribution is 5.60. The second-order valence-corrected chi connectivity index (χ2v) is 5.73. The lowest BCUT2D eigenvalue weighted by Crippen LogP contribution is -2.19. The molecular weight excluding hydrogens is 260 g/mol. The number of hydrogen-bond acceptors (Lipinski definition) is 3. The summed E-state index contributed by atoms with van der Waals surface area (Å²) in [6, 6.07) is 8.77. The van der Waals surface area contributed by atoms with Crippen molar-refractivity contribution in [3.63, 3.8) is 0 Å². The van der Waals surface area contributed by atoms with E-state index in [1.807, 2.05) is 12.3 Å². The number of hydrogen-bond donors (Lipinski definition) is 1. The molecule has 3 rings (SSSR count). The number of aryl methyl sites for hydroxylation is 2. The fourth-order valence-electron chi connectivity index (χ4n) is 3.24. The number of ether oxygens (including phenoxy) is 1. The molecule has 110 valence electrons. The van der Waals surface area contributed by atoms with E-state index in [-0.39, 0.29) is 0 Å². The Kier molecular flexibility index (Phi) is 3.82. The van der Waals surface area contributed by atoms with Gasteiger partial charge in [0.1, 0.15) is 5.75 Å². The summed E-state index contributed by atoms with van der Waals surface area (Å²) >= 11 is 0. The van der Waals surface area contributed by atoms with Gasteiger partial charge in [0, 0.05) is 17.4 Å². The topological polar surface area (TPSA) is 34.1 Å². The Morgan fingerprint density at radius 1 is 1.24 bits per heavy atom. The summed E-state index contributed by atoms with van der Waals surface area (Å²) in [5.74, 6) is 0.969. The molecule has 0 amide bonds. The molecule has 21 heavy (non-hydrogen) atoms. The summed E-state index contributed by atoms with van der Waals surface area (Å²) in [5.41, 5.74) is 6.05. The van der Waals surface area contributed by atoms with Crippen molar-refractivity contribution in [2.24, 2.45) is 0 Å². The zero-order valence-corrected chi connectivity index (χ0v) is 12.9. The molecule has 2 aromatic rings. The third-order valence-electron chi connectivity index (χ3n) is 4.33. The monoisotopic (exact) mass is 282 g/mol. The average Bonchev–Trinajstić information content (AvgIpc) is 2.51. The average molecular weight is 282 g/mol. The molecule has 1 unspecified atom stereocenters. The second kappa shape index (κ2) is 5.76. The Morgan fingerprint density at radius 2 is 2.10 bits per heavy atom. The van der Waals surface area contributed by atoms with E-state index >= 15 is 0 Å². The third-order valence-corrected chi connectivity index (χ3v) is 4.33. The molecule has 0 aliphatic heterocycles. The van der Waals surface area contributed by atoms with E-state index in [2.05, 4.69) is 42.3 Å². The predicted molar refractivity (Wildman–Crippen MR) is 86.0 cm³/mol. The quantitative estimate of drug-likeness (QED) is 0.916. The van der Waals surface area contributed by atoms with Gasteiger partial charge in [-0.3, -0.25) is 4.98 Å². The number of anilines is 1. The van der Waals surface area contributed by atoms with Gasteiger partial charge in [0.2, 0.25) is 0 Å². The van der Waals surface area contributed by atoms with Crippen molar-refractivity contribution in [1.82, 2.24) is 4.98 Å². The molecule has 3 nitrogen and oxygen atoms in total. The lowest BCUT2D eigenvalue weighted by atomic mass is 9.91. The molecule has 0 spiro atoms. The Hall–Kier alpha value is -2.03. The number of methoxy groups -OCH3 is 1. The Labute approximate surface area is 126 Å². The minimum atomic E-state index is 0.293. The van der Waals surface area contributed by atoms with Crippen LogP contribution in [0.5, 0.6) is 5.75 Å². The van der Waals surface area contributed by atoms with Gasteiger partial charge in [-0.05, 0) is 56.4 Å². The second-order valence-electron chi connectivity index (χ2n) is 5.73. The number of rotatable bonds is 3. The number of fused-ring (bicyclic) bond motifs is 1. The van der Waals surface area contributed by atoms with Gasteiger partial charge in [-0.25, -0.2) is 0 Å². The van der Waals surface area contributed by atoms with Crippen LogP contribution in [-0.2, 0) is 6.42 Å². The molecule has 0 radical (unpaired) electrons. The Morgan fingerprint density at radius 3 is 2.90 bits per heavy atom. The summed E-state index contributed by atoms with van der Waals surface area (Å²) in [4.78, 5) is 4.59. The highest BCUT2D eigenvalue weighted by Gasteiger charge is 2.22. The highest BCUT2D eigenvalue weighted by atomic mass is 16.5. The molecule has 1 aliphatic carbocycles. The van der Waals surface area contributed by atoms with Gasteiger partial charge >= 0.3 is 0 Å². The van der Waals surface area contributed by atoms with Crippen molar-refractivity contribution in [3.8, 4) is 5.75 Å². The van der Waals surface area contributed by atoms with Crippen LogP contribution < -0.4 is 10.1 Å². The lowest BCUT2D eigenvalue weighted by molar-refractivity contribution is 0.408. The van der Waals surface area contributed by atoms with E-state index in [1.165, 1.54) is 28.8 Å². The first-order valence-electron chi connectivity index (χ1n) is 7.55. The van der Waals surface area contributed by atoms with Crippen LogP contribution in [0.1, 0.15) is 41.3 Å². The maximum atomic E-state index is 5.52. The largest absolute Gasteiger partial charge is 0.496 e. The number of aromatic nitrogens is 1. The van der Waals surface area contributed by atoms with E-state index in [9.17, 15) is 0 Å². The Bertz CT molecular complexity index is 652. The van der Waals surface area contributed by atoms with Gasteiger partial charge in [-0.15, -0.1) is 0 Å². The maximum absolute atomic E-state index is 5.52. The molecule has 1 aromatic carbocycles. The lowest BCUT2D eigenvalue weighted by Gasteiger charge is -2.27. The van der Waals surface area contributed by atoms with E-state index in [0.717, 1.165) is 24.3 Å². The van der Waals surface area contributed by atoms with Crippen molar-refractivity contribution < 1.29 is 4.74 Å². The summed E-state index contributed by atoms with van der Waals surface area (Å²) in [5, 5.41) is 3.66. The molecule has 1 aromatic heterocycles. The smallest absolute Gasteiger partial charge is 0.126 e. The number of pyridine rings is 1. The van der Waals surface area contributed by atoms with Crippen LogP contribution >= 0.6 is 0 Å². The summed E-state index contributed by atoms with van der Waals surface area (Å²) in [6.45, 7) is 4.18. The Balaban J connectivity index is 1.92. The van der Waals surface area contributed by atoms with Gasteiger partial charge in [0.25, 0.3) is 0 Å². The first-order valence-corrected chi connectivity index (χ1v) is 7.55. The zero-order valence-electron chi connectivity index (χ0n) is 12.9. The minimum absolute atomic E-state index is 0.293. The van der Waals surface area contributed by atoms with Crippen molar-refractivity contribution in [2.75, 3.05) is 12.4 Å². The molecule has 1 atom stereocenters. The maximum Gasteiger partial charge on any atom is 0.126 e. The van der Waals surface area contributed by atoms with Crippen LogP contribution in [0.3, 0.4) is 0 Å². The molecule has 0 saturated carbocycles. The first kappa shape index (κ1) is 13.9. The molecule has 3 heteroatoms. The molecule has 0 bridgehead atoms. The van der Waals surface area contributed by atoms with Gasteiger partial charge in [0.05, 0.1) is 18.8 Å². The predicted octanol–water partition coefficient (Wildman–Crippen LogP) is 4.20. The van der Waals surface area contributed by atoms with E-state index in [1.54, 1.807) is 7.11 Å². The fraction of sp³-hybridized carbons (Fsp3) is 0.389. The molecule has 0 fully saturated rings. The molecule has 0 saturated heterocycles. The zero-order chi connectivity index (χ0) is 14.8. The molecule has 1 heterocycles. The number of nitrogens with one attached hydrogen (secondary N) is 1. The summed E-state index contributed by atoms with van der Waals surface area (Å²) in [6.07, 6.45) is 5.36. The van der Waals surface area contributed by atoms with Crippen LogP contribution in [0.2, 0.25) is 0 Å². The third kappa shape index (κ3) is 2.60. The van der Waals surface area contributed by atoms with Gasteiger partial charge in [0.15, 0.2) is 0 Å². The normalized spacial score (nSPS) is 17.2. The first-order chi connectivity index (χ1) is 10.2. The van der Waals surface area contributed by atoms with Crippen molar-refractivity contribution in [3.05, 3.63) is 52.8 Å². The van der Waals surface area contributed by atoms with Crippen LogP contribution in [0.25, 0.3) is 0 Å². The highest BCUT2D eigenvalue weighted by Crippen LogP contribution is 2.35. The van der Waals surface area contributed by atoms with Crippen molar-refractivity contribution >= 4 is 5.69 Å². The molecular formula is C18H22N2O. The van der Waals surface area contributed by atoms with E-state index in [0.29, 0.717) is 6.04 Å². The van der Waals surface area contributed by atoms with E-state index < -0.39 is 0 Å². The fourth-order valence-corrected chi connectivity index (χ4v) is 3.24. The summed E-state index contributed by atoms with van der Waals surface area (Å²) in [7, 11) is 1.73. The van der Waals surface area contributed by atoms with Gasteiger partial charge in [-0.1, -0.05) is 12.1 Å². The molecule has 1 N–H and O–H groups in total. The van der Waals surface area contributed by atoms with Crippen LogP contribution in [0.4, 0.5) is 5.69 Å². The van der Waals surface area contributed by atoms with Gasteiger partial charge < -0.3 is 10.1 Å². The van der Waals surface area contributed by atoms with Crippen LogP contribution in [0.15, 0.2) is 30.5 Å². The minimum Gasteiger partial charge on any atom is -0.496 e. The summed E-state index contributed by atoms with van der Waals surface area (Å²) < 4.78 is 5.52. The van der Waals surface area contributed by atoms with Crippen molar-refractivity contribution in [2.45, 2.75) is 39.2 Å². The standard InChI is InChI=1S/C18H22N2O/c1-12-9-10-15(13(2)18(12)21-3)20-16-8-4-6-14-7-5-11-19-17(14)16/h5,7,9-11,16,20H,4,6,8H2,1-3H3. The van der Waals surface area contributed by atoms with Crippen LogP contribution in [0, 0.1) is 13.8 Å². The molecule has 1 aliphatic rings.